The minimum absolute atomic E-state index is 0.153. The Morgan fingerprint density at radius 2 is 2.29 bits per heavy atom. The second-order valence-corrected chi connectivity index (χ2v) is 4.46. The number of aryl methyl sites for hydroxylation is 1. The standard InChI is InChI=1S/C11H11BrN2O3/c1-6-7(12)3-4-9-13-8(5-17-2)10(11(15)16)14(6)9/h3-4H,5H2,1-2H3,(H,15,16). The Morgan fingerprint density at radius 1 is 1.59 bits per heavy atom. The number of fused-ring (bicyclic) bond motifs is 1. The molecule has 5 nitrogen and oxygen atoms in total. The lowest BCUT2D eigenvalue weighted by atomic mass is 10.3. The maximum atomic E-state index is 11.3. The number of imidazole rings is 1. The lowest BCUT2D eigenvalue weighted by Gasteiger charge is -2.04. The van der Waals surface area contributed by atoms with Crippen LogP contribution in [0.15, 0.2) is 16.6 Å². The molecule has 0 aliphatic rings. The third-order valence-electron chi connectivity index (χ3n) is 2.52. The average molecular weight is 299 g/mol. The van der Waals surface area contributed by atoms with Crippen molar-refractivity contribution in [1.82, 2.24) is 9.38 Å². The number of methoxy groups -OCH3 is 1. The minimum atomic E-state index is -1.01. The highest BCUT2D eigenvalue weighted by atomic mass is 79.9. The van der Waals surface area contributed by atoms with Gasteiger partial charge >= 0.3 is 5.97 Å². The van der Waals surface area contributed by atoms with Crippen LogP contribution in [0.25, 0.3) is 5.65 Å². The summed E-state index contributed by atoms with van der Waals surface area (Å²) in [6, 6.07) is 3.61. The molecule has 2 rings (SSSR count). The second kappa shape index (κ2) is 4.46. The topological polar surface area (TPSA) is 63.8 Å². The van der Waals surface area contributed by atoms with Crippen molar-refractivity contribution in [2.24, 2.45) is 0 Å². The molecule has 2 heterocycles. The number of aromatic nitrogens is 2. The Bertz CT molecular complexity index is 592. The van der Waals surface area contributed by atoms with E-state index in [-0.39, 0.29) is 12.3 Å². The van der Waals surface area contributed by atoms with Crippen LogP contribution in [0.4, 0.5) is 0 Å². The molecule has 0 aromatic carbocycles. The number of hydrogen-bond donors (Lipinski definition) is 1. The molecule has 0 fully saturated rings. The van der Waals surface area contributed by atoms with Gasteiger partial charge in [-0.05, 0) is 35.0 Å². The highest BCUT2D eigenvalue weighted by Crippen LogP contribution is 2.22. The molecule has 0 spiro atoms. The van der Waals surface area contributed by atoms with Crippen molar-refractivity contribution in [2.75, 3.05) is 7.11 Å². The quantitative estimate of drug-likeness (QED) is 0.944. The second-order valence-electron chi connectivity index (χ2n) is 3.61. The molecule has 0 unspecified atom stereocenters. The summed E-state index contributed by atoms with van der Waals surface area (Å²) in [4.78, 5) is 15.6. The van der Waals surface area contributed by atoms with Gasteiger partial charge in [-0.25, -0.2) is 9.78 Å². The minimum Gasteiger partial charge on any atom is -0.477 e. The SMILES string of the molecule is COCc1nc2ccc(Br)c(C)n2c1C(=O)O. The Kier molecular flexibility index (Phi) is 3.17. The lowest BCUT2D eigenvalue weighted by molar-refractivity contribution is 0.0683. The van der Waals surface area contributed by atoms with Crippen LogP contribution in [0, 0.1) is 6.92 Å². The molecule has 6 heteroatoms. The summed E-state index contributed by atoms with van der Waals surface area (Å²) in [6.07, 6.45) is 0. The van der Waals surface area contributed by atoms with Gasteiger partial charge < -0.3 is 9.84 Å². The zero-order chi connectivity index (χ0) is 12.6. The number of halogens is 1. The van der Waals surface area contributed by atoms with E-state index in [2.05, 4.69) is 20.9 Å². The molecule has 0 saturated carbocycles. The number of ether oxygens (including phenoxy) is 1. The van der Waals surface area contributed by atoms with Crippen LogP contribution in [0.2, 0.25) is 0 Å². The van der Waals surface area contributed by atoms with Crippen molar-refractivity contribution in [3.8, 4) is 0 Å². The molecule has 0 aliphatic carbocycles. The van der Waals surface area contributed by atoms with Gasteiger partial charge in [-0.2, -0.15) is 0 Å². The first-order valence-electron chi connectivity index (χ1n) is 4.95. The zero-order valence-corrected chi connectivity index (χ0v) is 11.0. The molecule has 0 aliphatic heterocycles. The Morgan fingerprint density at radius 3 is 2.88 bits per heavy atom. The van der Waals surface area contributed by atoms with Gasteiger partial charge in [-0.1, -0.05) is 0 Å². The third kappa shape index (κ3) is 1.94. The summed E-state index contributed by atoms with van der Waals surface area (Å²) in [5, 5.41) is 9.26. The summed E-state index contributed by atoms with van der Waals surface area (Å²) < 4.78 is 7.42. The third-order valence-corrected chi connectivity index (χ3v) is 3.36. The maximum Gasteiger partial charge on any atom is 0.354 e. The van der Waals surface area contributed by atoms with Gasteiger partial charge in [0, 0.05) is 17.3 Å². The molecule has 0 bridgehead atoms. The summed E-state index contributed by atoms with van der Waals surface area (Å²) in [6.45, 7) is 2.02. The monoisotopic (exact) mass is 298 g/mol. The van der Waals surface area contributed by atoms with E-state index in [4.69, 9.17) is 4.74 Å². The van der Waals surface area contributed by atoms with Gasteiger partial charge in [0.1, 0.15) is 11.3 Å². The molecular formula is C11H11BrN2O3. The van der Waals surface area contributed by atoms with E-state index in [1.54, 1.807) is 10.5 Å². The van der Waals surface area contributed by atoms with E-state index in [1.807, 2.05) is 13.0 Å². The van der Waals surface area contributed by atoms with Gasteiger partial charge in [0.2, 0.25) is 0 Å². The highest BCUT2D eigenvalue weighted by Gasteiger charge is 2.20. The van der Waals surface area contributed by atoms with Crippen LogP contribution in [0.3, 0.4) is 0 Å². The number of aromatic carboxylic acids is 1. The van der Waals surface area contributed by atoms with Gasteiger partial charge in [0.15, 0.2) is 5.69 Å². The van der Waals surface area contributed by atoms with E-state index < -0.39 is 5.97 Å². The Hall–Kier alpha value is -1.40. The van der Waals surface area contributed by atoms with Crippen molar-refractivity contribution in [3.63, 3.8) is 0 Å². The molecule has 0 radical (unpaired) electrons. The number of pyridine rings is 1. The fraction of sp³-hybridized carbons (Fsp3) is 0.273. The van der Waals surface area contributed by atoms with E-state index in [1.165, 1.54) is 7.11 Å². The number of rotatable bonds is 3. The Labute approximate surface area is 106 Å². The first-order valence-corrected chi connectivity index (χ1v) is 5.74. The average Bonchev–Trinajstić information content (AvgIpc) is 2.63. The van der Waals surface area contributed by atoms with Crippen molar-refractivity contribution >= 4 is 27.5 Å². The van der Waals surface area contributed by atoms with Crippen LogP contribution >= 0.6 is 15.9 Å². The van der Waals surface area contributed by atoms with Crippen LogP contribution in [-0.4, -0.2) is 27.6 Å². The normalized spacial score (nSPS) is 11.0. The number of carboxylic acid groups (broad SMARTS) is 1. The van der Waals surface area contributed by atoms with Gasteiger partial charge in [0.05, 0.1) is 6.61 Å². The predicted molar refractivity (Wildman–Crippen MR) is 65.3 cm³/mol. The number of carbonyl (C=O) groups is 1. The fourth-order valence-electron chi connectivity index (χ4n) is 1.77. The molecule has 1 N–H and O–H groups in total. The number of nitrogens with zero attached hydrogens (tertiary/aromatic N) is 2. The molecule has 17 heavy (non-hydrogen) atoms. The first kappa shape index (κ1) is 12.1. The Balaban J connectivity index is 2.82. The van der Waals surface area contributed by atoms with E-state index >= 15 is 0 Å². The fourth-order valence-corrected chi connectivity index (χ4v) is 2.08. The van der Waals surface area contributed by atoms with Gasteiger partial charge in [-0.15, -0.1) is 0 Å². The van der Waals surface area contributed by atoms with Crippen LogP contribution < -0.4 is 0 Å². The van der Waals surface area contributed by atoms with Crippen molar-refractivity contribution in [3.05, 3.63) is 33.7 Å². The largest absolute Gasteiger partial charge is 0.477 e. The first-order chi connectivity index (χ1) is 8.06. The predicted octanol–water partition coefficient (Wildman–Crippen LogP) is 2.25. The smallest absolute Gasteiger partial charge is 0.354 e. The number of hydrogen-bond acceptors (Lipinski definition) is 3. The van der Waals surface area contributed by atoms with Crippen LogP contribution in [0.1, 0.15) is 21.9 Å². The van der Waals surface area contributed by atoms with Gasteiger partial charge in [-0.3, -0.25) is 4.40 Å². The van der Waals surface area contributed by atoms with Gasteiger partial charge in [0.25, 0.3) is 0 Å². The van der Waals surface area contributed by atoms with E-state index in [9.17, 15) is 9.90 Å². The van der Waals surface area contributed by atoms with Crippen LogP contribution in [0.5, 0.6) is 0 Å². The molecule has 0 amide bonds. The van der Waals surface area contributed by atoms with E-state index in [0.717, 1.165) is 10.2 Å². The summed E-state index contributed by atoms with van der Waals surface area (Å²) in [5.41, 5.74) is 1.99. The van der Waals surface area contributed by atoms with Crippen LogP contribution in [-0.2, 0) is 11.3 Å². The summed E-state index contributed by atoms with van der Waals surface area (Å²) in [7, 11) is 1.51. The zero-order valence-electron chi connectivity index (χ0n) is 9.40. The summed E-state index contributed by atoms with van der Waals surface area (Å²) >= 11 is 3.38. The molecule has 0 saturated heterocycles. The van der Waals surface area contributed by atoms with Crippen molar-refractivity contribution in [2.45, 2.75) is 13.5 Å². The lowest BCUT2D eigenvalue weighted by Crippen LogP contribution is -2.08. The maximum absolute atomic E-state index is 11.3. The molecule has 0 atom stereocenters. The molecule has 90 valence electrons. The molecule has 2 aromatic heterocycles. The van der Waals surface area contributed by atoms with E-state index in [0.29, 0.717) is 11.3 Å². The highest BCUT2D eigenvalue weighted by molar-refractivity contribution is 9.10. The number of carboxylic acids is 1. The molecule has 2 aromatic rings. The van der Waals surface area contributed by atoms with Crippen molar-refractivity contribution < 1.29 is 14.6 Å². The van der Waals surface area contributed by atoms with Crippen molar-refractivity contribution in [1.29, 1.82) is 0 Å². The molecular weight excluding hydrogens is 288 g/mol. The summed E-state index contributed by atoms with van der Waals surface area (Å²) in [5.74, 6) is -1.01.